The van der Waals surface area contributed by atoms with Crippen LogP contribution in [0.15, 0.2) is 96.2 Å². The Bertz CT molecular complexity index is 1080. The van der Waals surface area contributed by atoms with Gasteiger partial charge in [0.05, 0.1) is 0 Å². The number of nitrogens with one attached hydrogen (secondary N) is 1. The Labute approximate surface area is 167 Å². The summed E-state index contributed by atoms with van der Waals surface area (Å²) < 4.78 is 0. The molecule has 0 aromatic heterocycles. The third-order valence-corrected chi connectivity index (χ3v) is 6.21. The summed E-state index contributed by atoms with van der Waals surface area (Å²) in [5.41, 5.74) is 10.8. The highest BCUT2D eigenvalue weighted by Gasteiger charge is 2.39. The van der Waals surface area contributed by atoms with Gasteiger partial charge in [-0.3, -0.25) is 0 Å². The smallest absolute Gasteiger partial charge is 0.0423 e. The van der Waals surface area contributed by atoms with Crippen molar-refractivity contribution >= 4 is 11.3 Å². The second-order valence-electron chi connectivity index (χ2n) is 8.25. The highest BCUT2D eigenvalue weighted by Crippen LogP contribution is 2.52. The Morgan fingerprint density at radius 3 is 2.21 bits per heavy atom. The molecular weight excluding hydrogens is 338 g/mol. The standard InChI is InChI=1S/C27H25N/c1-27(2)23-12-7-6-11-22(23)26-24(27)13-8-14-25(26)28-21-17-15-20(16-18-21)19-9-4-3-5-10-19/h3-7,9-12,14-18,28H,8,13H2,1-2H3. The molecule has 0 saturated heterocycles. The quantitative estimate of drug-likeness (QED) is 0.519. The highest BCUT2D eigenvalue weighted by molar-refractivity contribution is 5.92. The molecule has 3 aromatic carbocycles. The van der Waals surface area contributed by atoms with E-state index in [2.05, 4.69) is 104 Å². The first-order valence-electron chi connectivity index (χ1n) is 10.1. The minimum Gasteiger partial charge on any atom is -0.355 e. The fourth-order valence-corrected chi connectivity index (χ4v) is 4.74. The molecule has 5 rings (SSSR count). The molecule has 0 atom stereocenters. The Kier molecular flexibility index (Phi) is 3.98. The van der Waals surface area contributed by atoms with Crippen molar-refractivity contribution in [1.29, 1.82) is 0 Å². The van der Waals surface area contributed by atoms with Gasteiger partial charge in [0.15, 0.2) is 0 Å². The number of hydrogen-bond donors (Lipinski definition) is 1. The van der Waals surface area contributed by atoms with E-state index < -0.39 is 0 Å². The predicted octanol–water partition coefficient (Wildman–Crippen LogP) is 7.19. The van der Waals surface area contributed by atoms with Crippen molar-refractivity contribution in [3.63, 3.8) is 0 Å². The zero-order valence-corrected chi connectivity index (χ0v) is 16.5. The maximum atomic E-state index is 3.71. The molecule has 28 heavy (non-hydrogen) atoms. The molecule has 0 heterocycles. The van der Waals surface area contributed by atoms with Crippen molar-refractivity contribution in [2.75, 3.05) is 5.32 Å². The number of rotatable bonds is 3. The average Bonchev–Trinajstić information content (AvgIpc) is 2.98. The zero-order valence-electron chi connectivity index (χ0n) is 16.5. The van der Waals surface area contributed by atoms with Crippen LogP contribution in [0.4, 0.5) is 5.69 Å². The lowest BCUT2D eigenvalue weighted by Crippen LogP contribution is -2.18. The third-order valence-electron chi connectivity index (χ3n) is 6.21. The molecule has 0 saturated carbocycles. The largest absolute Gasteiger partial charge is 0.355 e. The molecule has 1 nitrogen and oxygen atoms in total. The zero-order chi connectivity index (χ0) is 19.1. The minimum atomic E-state index is 0.115. The van der Waals surface area contributed by atoms with E-state index in [9.17, 15) is 0 Å². The number of hydrogen-bond acceptors (Lipinski definition) is 1. The van der Waals surface area contributed by atoms with Gasteiger partial charge in [-0.25, -0.2) is 0 Å². The van der Waals surface area contributed by atoms with Crippen LogP contribution in [-0.4, -0.2) is 0 Å². The molecule has 3 aromatic rings. The molecule has 1 N–H and O–H groups in total. The van der Waals surface area contributed by atoms with Crippen LogP contribution in [0.2, 0.25) is 0 Å². The van der Waals surface area contributed by atoms with Gasteiger partial charge in [0, 0.05) is 22.4 Å². The van der Waals surface area contributed by atoms with Crippen LogP contribution in [0.1, 0.15) is 37.8 Å². The fourth-order valence-electron chi connectivity index (χ4n) is 4.74. The van der Waals surface area contributed by atoms with Crippen LogP contribution in [0, 0.1) is 0 Å². The second-order valence-corrected chi connectivity index (χ2v) is 8.25. The maximum Gasteiger partial charge on any atom is 0.0423 e. The van der Waals surface area contributed by atoms with Crippen molar-refractivity contribution < 1.29 is 0 Å². The third kappa shape index (κ3) is 2.70. The van der Waals surface area contributed by atoms with E-state index in [0.717, 1.165) is 18.5 Å². The van der Waals surface area contributed by atoms with Crippen LogP contribution >= 0.6 is 0 Å². The molecule has 1 heteroatoms. The van der Waals surface area contributed by atoms with Crippen LogP contribution in [-0.2, 0) is 5.41 Å². The number of benzene rings is 3. The van der Waals surface area contributed by atoms with E-state index in [0.29, 0.717) is 0 Å². The van der Waals surface area contributed by atoms with Crippen molar-refractivity contribution in [2.24, 2.45) is 0 Å². The summed E-state index contributed by atoms with van der Waals surface area (Å²) in [5.74, 6) is 0. The summed E-state index contributed by atoms with van der Waals surface area (Å²) in [6, 6.07) is 28.2. The Morgan fingerprint density at radius 2 is 1.43 bits per heavy atom. The van der Waals surface area contributed by atoms with Gasteiger partial charge >= 0.3 is 0 Å². The van der Waals surface area contributed by atoms with Crippen LogP contribution < -0.4 is 5.32 Å². The minimum absolute atomic E-state index is 0.115. The molecule has 0 fully saturated rings. The van der Waals surface area contributed by atoms with E-state index in [1.54, 1.807) is 5.57 Å². The summed E-state index contributed by atoms with van der Waals surface area (Å²) in [7, 11) is 0. The lowest BCUT2D eigenvalue weighted by molar-refractivity contribution is 0.606. The lowest BCUT2D eigenvalue weighted by atomic mass is 9.78. The van der Waals surface area contributed by atoms with E-state index >= 15 is 0 Å². The Balaban J connectivity index is 1.47. The molecule has 0 unspecified atom stereocenters. The predicted molar refractivity (Wildman–Crippen MR) is 119 cm³/mol. The van der Waals surface area contributed by atoms with Gasteiger partial charge in [-0.2, -0.15) is 0 Å². The van der Waals surface area contributed by atoms with E-state index in [-0.39, 0.29) is 5.41 Å². The summed E-state index contributed by atoms with van der Waals surface area (Å²) >= 11 is 0. The van der Waals surface area contributed by atoms with Gasteiger partial charge in [-0.05, 0) is 52.8 Å². The maximum absolute atomic E-state index is 3.71. The van der Waals surface area contributed by atoms with Gasteiger partial charge in [0.25, 0.3) is 0 Å². The molecule has 2 aliphatic rings. The van der Waals surface area contributed by atoms with Gasteiger partial charge in [-0.15, -0.1) is 0 Å². The van der Waals surface area contributed by atoms with Gasteiger partial charge in [-0.1, -0.05) is 86.7 Å². The average molecular weight is 364 g/mol. The molecular formula is C27H25N. The lowest BCUT2D eigenvalue weighted by Gasteiger charge is -2.27. The van der Waals surface area contributed by atoms with Gasteiger partial charge in [0.1, 0.15) is 0 Å². The first-order valence-corrected chi connectivity index (χ1v) is 10.1. The van der Waals surface area contributed by atoms with E-state index in [1.807, 2.05) is 0 Å². The molecule has 0 aliphatic heterocycles. The Morgan fingerprint density at radius 1 is 0.750 bits per heavy atom. The van der Waals surface area contributed by atoms with Crippen LogP contribution in [0.25, 0.3) is 16.7 Å². The normalized spacial score (nSPS) is 17.0. The SMILES string of the molecule is CC1(C)C2=C(C(Nc3ccc(-c4ccccc4)cc3)=CCC2)c2ccccc21. The summed E-state index contributed by atoms with van der Waals surface area (Å²) in [4.78, 5) is 0. The number of anilines is 1. The molecule has 138 valence electrons. The fraction of sp³-hybridized carbons (Fsp3) is 0.185. The van der Waals surface area contributed by atoms with Crippen LogP contribution in [0.3, 0.4) is 0 Å². The van der Waals surface area contributed by atoms with E-state index in [1.165, 1.54) is 33.5 Å². The molecule has 0 amide bonds. The van der Waals surface area contributed by atoms with Crippen LogP contribution in [0.5, 0.6) is 0 Å². The van der Waals surface area contributed by atoms with Crippen molar-refractivity contribution in [2.45, 2.75) is 32.1 Å². The van der Waals surface area contributed by atoms with E-state index in [4.69, 9.17) is 0 Å². The monoisotopic (exact) mass is 363 g/mol. The number of fused-ring (bicyclic) bond motifs is 2. The summed E-state index contributed by atoms with van der Waals surface area (Å²) in [6.45, 7) is 4.73. The van der Waals surface area contributed by atoms with Gasteiger partial charge in [0.2, 0.25) is 0 Å². The first-order chi connectivity index (χ1) is 13.6. The summed E-state index contributed by atoms with van der Waals surface area (Å²) in [6.07, 6.45) is 4.61. The summed E-state index contributed by atoms with van der Waals surface area (Å²) in [5, 5.41) is 3.71. The molecule has 0 radical (unpaired) electrons. The molecule has 0 bridgehead atoms. The number of allylic oxidation sites excluding steroid dienone is 3. The second kappa shape index (κ2) is 6.53. The molecule has 0 spiro atoms. The first kappa shape index (κ1) is 17.1. The Hall–Kier alpha value is -3.06. The van der Waals surface area contributed by atoms with Crippen molar-refractivity contribution in [1.82, 2.24) is 0 Å². The van der Waals surface area contributed by atoms with Crippen molar-refractivity contribution in [3.8, 4) is 11.1 Å². The highest BCUT2D eigenvalue weighted by atomic mass is 14.9. The van der Waals surface area contributed by atoms with Gasteiger partial charge < -0.3 is 5.32 Å². The topological polar surface area (TPSA) is 12.0 Å². The van der Waals surface area contributed by atoms with Crippen molar-refractivity contribution in [3.05, 3.63) is 107 Å². The molecule has 2 aliphatic carbocycles.